The van der Waals surface area contributed by atoms with Crippen LogP contribution in [-0.2, 0) is 37.5 Å². The Hall–Kier alpha value is -2.86. The Kier molecular flexibility index (Phi) is 40.5. The lowest BCUT2D eigenvalue weighted by atomic mass is 10.0. The van der Waals surface area contributed by atoms with Crippen LogP contribution < -0.4 is 5.73 Å². The zero-order valence-corrected chi connectivity index (χ0v) is 38.7. The molecule has 2 unspecified atom stereocenters. The highest BCUT2D eigenvalue weighted by molar-refractivity contribution is 7.47. The molecule has 0 bridgehead atoms. The van der Waals surface area contributed by atoms with Gasteiger partial charge in [0.05, 0.1) is 19.3 Å². The minimum atomic E-state index is -4.74. The lowest BCUT2D eigenvalue weighted by Crippen LogP contribution is -2.34. The third kappa shape index (κ3) is 42.2. The maximum atomic E-state index is 12.7. The van der Waals surface area contributed by atoms with E-state index in [1.807, 2.05) is 49.5 Å². The van der Waals surface area contributed by atoms with Crippen molar-refractivity contribution in [1.82, 2.24) is 0 Å². The third-order valence-corrected chi connectivity index (χ3v) is 10.8. The lowest BCUT2D eigenvalue weighted by Gasteiger charge is -2.20. The molecule has 4 atom stereocenters. The molecule has 0 aliphatic heterocycles. The smallest absolute Gasteiger partial charge is 0.472 e. The Morgan fingerprint density at radius 3 is 1.66 bits per heavy atom. The second kappa shape index (κ2) is 42.4. The molecule has 0 fully saturated rings. The number of hydrogen-bond donors (Lipinski definition) is 4. The molecule has 13 heteroatoms. The number of carboxylic acid groups (broad SMARTS) is 1. The van der Waals surface area contributed by atoms with Crippen molar-refractivity contribution in [2.24, 2.45) is 5.73 Å². The van der Waals surface area contributed by atoms with Crippen LogP contribution in [0.4, 0.5) is 0 Å². The van der Waals surface area contributed by atoms with E-state index in [1.165, 1.54) is 96.3 Å². The number of hydrogen-bond acceptors (Lipinski definition) is 10. The quantitative estimate of drug-likeness (QED) is 0.0149. The van der Waals surface area contributed by atoms with Gasteiger partial charge in [0.25, 0.3) is 0 Å². The van der Waals surface area contributed by atoms with E-state index in [9.17, 15) is 28.9 Å². The first-order valence-corrected chi connectivity index (χ1v) is 24.9. The number of phosphoric acid groups is 1. The first kappa shape index (κ1) is 58.1. The average Bonchev–Trinajstić information content (AvgIpc) is 3.23. The number of allylic oxidation sites excluding steroid dienone is 8. The van der Waals surface area contributed by atoms with Gasteiger partial charge < -0.3 is 30.3 Å². The monoisotopic (exact) mass is 882 g/mol. The number of ether oxygens (including phenoxy) is 2. The summed E-state index contributed by atoms with van der Waals surface area (Å²) < 4.78 is 32.7. The molecule has 12 nitrogen and oxygen atoms in total. The summed E-state index contributed by atoms with van der Waals surface area (Å²) in [4.78, 5) is 46.0. The van der Waals surface area contributed by atoms with Crippen LogP contribution in [-0.4, -0.2) is 71.1 Å². The van der Waals surface area contributed by atoms with Gasteiger partial charge in [-0.1, -0.05) is 190 Å². The SMILES string of the molecule is CC/C=C\C(O)C/C=C/C=C\C/C=C\C/C=C\CCCC(=O)OC[C@H](COP(=O)(O)OC[C@H](N)C(=O)O)OC(=O)CCCCCCCCCCCCCCCCCCCCC. The van der Waals surface area contributed by atoms with Gasteiger partial charge >= 0.3 is 25.7 Å². The number of phosphoric ester groups is 1. The Morgan fingerprint density at radius 2 is 1.10 bits per heavy atom. The Morgan fingerprint density at radius 1 is 0.607 bits per heavy atom. The van der Waals surface area contributed by atoms with Crippen molar-refractivity contribution in [2.45, 2.75) is 205 Å². The fourth-order valence-corrected chi connectivity index (χ4v) is 6.96. The molecule has 0 spiro atoms. The molecule has 0 radical (unpaired) electrons. The van der Waals surface area contributed by atoms with E-state index >= 15 is 0 Å². The molecule has 0 saturated carbocycles. The molecule has 5 N–H and O–H groups in total. The number of nitrogens with two attached hydrogens (primary N) is 1. The average molecular weight is 882 g/mol. The van der Waals surface area contributed by atoms with Crippen molar-refractivity contribution >= 4 is 25.7 Å². The number of aliphatic hydroxyl groups excluding tert-OH is 1. The van der Waals surface area contributed by atoms with Crippen molar-refractivity contribution in [3.8, 4) is 0 Å². The van der Waals surface area contributed by atoms with Gasteiger partial charge in [0.2, 0.25) is 0 Å². The Balaban J connectivity index is 4.41. The van der Waals surface area contributed by atoms with E-state index in [1.54, 1.807) is 6.08 Å². The van der Waals surface area contributed by atoms with Crippen LogP contribution in [0, 0.1) is 0 Å². The van der Waals surface area contributed by atoms with Gasteiger partial charge in [-0.3, -0.25) is 23.4 Å². The molecule has 0 aromatic rings. The molecule has 352 valence electrons. The molecule has 0 aliphatic carbocycles. The van der Waals surface area contributed by atoms with Crippen LogP contribution in [0.5, 0.6) is 0 Å². The topological polar surface area (TPSA) is 192 Å². The van der Waals surface area contributed by atoms with Gasteiger partial charge in [-0.15, -0.1) is 0 Å². The first-order chi connectivity index (χ1) is 29.5. The highest BCUT2D eigenvalue weighted by Crippen LogP contribution is 2.43. The van der Waals surface area contributed by atoms with Gasteiger partial charge in [-0.25, -0.2) is 4.57 Å². The number of esters is 2. The lowest BCUT2D eigenvalue weighted by molar-refractivity contribution is -0.161. The van der Waals surface area contributed by atoms with Crippen molar-refractivity contribution in [3.63, 3.8) is 0 Å². The van der Waals surface area contributed by atoms with E-state index in [0.717, 1.165) is 38.5 Å². The standard InChI is InChI=1S/C48H84NO11P/c1-3-5-7-8-9-10-11-12-13-14-15-16-17-18-23-26-29-32-35-39-47(52)60-44(41-58-61(55,56)59-42-45(49)48(53)54)40-57-46(51)38-34-31-28-25-22-20-19-21-24-27-30-33-37-43(50)36-6-4-2/h6,19-20,24-25,27-28,30,33,36,43-45,50H,3-5,7-18,21-23,26,29,31-32,34-35,37-42,49H2,1-2H3,(H,53,54)(H,55,56)/b20-19-,27-24-,28-25-,33-30+,36-6-/t43?,44-,45+/m1/s1. The maximum absolute atomic E-state index is 12.7. The van der Waals surface area contributed by atoms with Crippen molar-refractivity contribution in [3.05, 3.63) is 60.8 Å². The molecule has 61 heavy (non-hydrogen) atoms. The molecule has 0 aromatic carbocycles. The highest BCUT2D eigenvalue weighted by Gasteiger charge is 2.28. The number of carbonyl (C=O) groups is 3. The van der Waals surface area contributed by atoms with Crippen LogP contribution in [0.3, 0.4) is 0 Å². The third-order valence-electron chi connectivity index (χ3n) is 9.85. The van der Waals surface area contributed by atoms with Gasteiger partial charge in [0, 0.05) is 12.8 Å². The number of aliphatic carboxylic acids is 1. The second-order valence-corrected chi connectivity index (χ2v) is 17.2. The fourth-order valence-electron chi connectivity index (χ4n) is 6.18. The summed E-state index contributed by atoms with van der Waals surface area (Å²) in [7, 11) is -4.74. The van der Waals surface area contributed by atoms with Crippen LogP contribution in [0.2, 0.25) is 0 Å². The normalized spacial score (nSPS) is 14.7. The van der Waals surface area contributed by atoms with Crippen LogP contribution in [0.15, 0.2) is 60.8 Å². The van der Waals surface area contributed by atoms with Gasteiger partial charge in [0.1, 0.15) is 12.6 Å². The number of carbonyl (C=O) groups excluding carboxylic acids is 2. The van der Waals surface area contributed by atoms with Crippen LogP contribution in [0.1, 0.15) is 187 Å². The number of rotatable bonds is 43. The van der Waals surface area contributed by atoms with Gasteiger partial charge in [0.15, 0.2) is 6.10 Å². The van der Waals surface area contributed by atoms with E-state index in [2.05, 4.69) is 23.6 Å². The predicted octanol–water partition coefficient (Wildman–Crippen LogP) is 11.7. The summed E-state index contributed by atoms with van der Waals surface area (Å²) in [5, 5.41) is 18.7. The minimum Gasteiger partial charge on any atom is -0.480 e. The molecule has 0 heterocycles. The van der Waals surface area contributed by atoms with Crippen molar-refractivity contribution in [2.75, 3.05) is 19.8 Å². The number of aliphatic hydroxyl groups is 1. The summed E-state index contributed by atoms with van der Waals surface area (Å²) >= 11 is 0. The first-order valence-electron chi connectivity index (χ1n) is 23.4. The minimum absolute atomic E-state index is 0.125. The number of carboxylic acids is 1. The fraction of sp³-hybridized carbons (Fsp3) is 0.729. The van der Waals surface area contributed by atoms with Gasteiger partial charge in [-0.05, 0) is 44.9 Å². The molecular weight excluding hydrogens is 797 g/mol. The van der Waals surface area contributed by atoms with E-state index in [-0.39, 0.29) is 19.4 Å². The Labute approximate surface area is 369 Å². The highest BCUT2D eigenvalue weighted by atomic mass is 31.2. The number of unbranched alkanes of at least 4 members (excludes halogenated alkanes) is 19. The summed E-state index contributed by atoms with van der Waals surface area (Å²) in [5.74, 6) is -2.48. The largest absolute Gasteiger partial charge is 0.480 e. The van der Waals surface area contributed by atoms with Crippen molar-refractivity contribution in [1.29, 1.82) is 0 Å². The summed E-state index contributed by atoms with van der Waals surface area (Å²) in [6.07, 6.45) is 46.3. The van der Waals surface area contributed by atoms with Crippen LogP contribution >= 0.6 is 7.82 Å². The van der Waals surface area contributed by atoms with Gasteiger partial charge in [-0.2, -0.15) is 0 Å². The molecule has 0 rings (SSSR count). The summed E-state index contributed by atoms with van der Waals surface area (Å²) in [5.41, 5.74) is 5.33. The predicted molar refractivity (Wildman–Crippen MR) is 246 cm³/mol. The second-order valence-electron chi connectivity index (χ2n) is 15.7. The van der Waals surface area contributed by atoms with Crippen LogP contribution in [0.25, 0.3) is 0 Å². The molecule has 0 amide bonds. The van der Waals surface area contributed by atoms with E-state index in [4.69, 9.17) is 24.8 Å². The van der Waals surface area contributed by atoms with E-state index in [0.29, 0.717) is 25.7 Å². The zero-order valence-electron chi connectivity index (χ0n) is 37.9. The molecule has 0 saturated heterocycles. The summed E-state index contributed by atoms with van der Waals surface area (Å²) in [6.45, 7) is 2.52. The summed E-state index contributed by atoms with van der Waals surface area (Å²) in [6, 6.07) is -1.54. The Bertz CT molecular complexity index is 1280. The van der Waals surface area contributed by atoms with Crippen molar-refractivity contribution < 1.29 is 52.6 Å². The van der Waals surface area contributed by atoms with E-state index < -0.39 is 57.2 Å². The molecular formula is C48H84NO11P. The molecule has 0 aromatic heterocycles. The molecule has 0 aliphatic rings. The maximum Gasteiger partial charge on any atom is 0.472 e. The zero-order chi connectivity index (χ0) is 45.1.